The fourth-order valence-electron chi connectivity index (χ4n) is 0.620. The van der Waals surface area contributed by atoms with Crippen molar-refractivity contribution in [2.45, 2.75) is 5.38 Å². The van der Waals surface area contributed by atoms with E-state index in [0.717, 1.165) is 0 Å². The largest absolute Gasteiger partial charge is 0.480 e. The lowest BCUT2D eigenvalue weighted by molar-refractivity contribution is -0.137. The van der Waals surface area contributed by atoms with E-state index in [9.17, 15) is 4.79 Å². The molecule has 0 heterocycles. The summed E-state index contributed by atoms with van der Waals surface area (Å²) in [5.74, 6) is -1.08. The highest BCUT2D eigenvalue weighted by molar-refractivity contribution is 6.29. The average Bonchev–Trinajstić information content (AvgIpc) is 2.16. The van der Waals surface area contributed by atoms with Gasteiger partial charge in [0.05, 0.1) is 33.0 Å². The van der Waals surface area contributed by atoms with Gasteiger partial charge in [-0.25, -0.2) is 0 Å². The highest BCUT2D eigenvalue weighted by atomic mass is 35.5. The van der Waals surface area contributed by atoms with Gasteiger partial charge in [-0.15, -0.1) is 11.6 Å². The third kappa shape index (κ3) is 8.25. The number of rotatable bonds is 9. The zero-order valence-corrected chi connectivity index (χ0v) is 8.83. The quantitative estimate of drug-likeness (QED) is 0.454. The van der Waals surface area contributed by atoms with Crippen LogP contribution in [0.15, 0.2) is 0 Å². The molecule has 0 spiro atoms. The minimum Gasteiger partial charge on any atom is -0.480 e. The Balaban J connectivity index is 3.09. The molecule has 0 amide bonds. The summed E-state index contributed by atoms with van der Waals surface area (Å²) in [6.45, 7) is 1.77. The van der Waals surface area contributed by atoms with E-state index >= 15 is 0 Å². The van der Waals surface area contributed by atoms with Crippen LogP contribution in [0, 0.1) is 0 Å². The number of aliphatic carboxylic acids is 1. The number of carbonyl (C=O) groups is 1. The maximum atomic E-state index is 10.2. The minimum absolute atomic E-state index is 0.00940. The first-order valence-electron chi connectivity index (χ1n) is 4.19. The summed E-state index contributed by atoms with van der Waals surface area (Å²) in [4.78, 5) is 10.2. The third-order valence-electron chi connectivity index (χ3n) is 1.34. The highest BCUT2D eigenvalue weighted by Gasteiger charge is 2.12. The topological polar surface area (TPSA) is 65.0 Å². The molecule has 0 rings (SSSR count). The molecule has 0 saturated carbocycles. The lowest BCUT2D eigenvalue weighted by Gasteiger charge is -2.06. The molecule has 0 radical (unpaired) electrons. The number of halogens is 1. The van der Waals surface area contributed by atoms with Gasteiger partial charge in [-0.1, -0.05) is 0 Å². The molecule has 5 nitrogen and oxygen atoms in total. The summed E-state index contributed by atoms with van der Waals surface area (Å²) in [7, 11) is 1.59. The van der Waals surface area contributed by atoms with Crippen molar-refractivity contribution in [2.24, 2.45) is 0 Å². The molecule has 0 aliphatic rings. The second-order valence-corrected chi connectivity index (χ2v) is 3.01. The van der Waals surface area contributed by atoms with Gasteiger partial charge in [0.2, 0.25) is 0 Å². The Bertz CT molecular complexity index is 153. The Morgan fingerprint density at radius 2 is 1.86 bits per heavy atom. The van der Waals surface area contributed by atoms with Gasteiger partial charge < -0.3 is 19.3 Å². The molecule has 1 N–H and O–H groups in total. The zero-order chi connectivity index (χ0) is 10.8. The minimum atomic E-state index is -1.08. The van der Waals surface area contributed by atoms with Crippen LogP contribution in [0.4, 0.5) is 0 Å². The van der Waals surface area contributed by atoms with Crippen molar-refractivity contribution in [1.82, 2.24) is 0 Å². The monoisotopic (exact) mass is 226 g/mol. The molecule has 0 bridgehead atoms. The van der Waals surface area contributed by atoms with E-state index in [1.807, 2.05) is 0 Å². The predicted molar refractivity (Wildman–Crippen MR) is 50.8 cm³/mol. The predicted octanol–water partition coefficient (Wildman–Crippen LogP) is 0.358. The summed E-state index contributed by atoms with van der Waals surface area (Å²) < 4.78 is 14.8. The van der Waals surface area contributed by atoms with Gasteiger partial charge in [-0.2, -0.15) is 0 Å². The van der Waals surface area contributed by atoms with Crippen molar-refractivity contribution in [3.8, 4) is 0 Å². The van der Waals surface area contributed by atoms with Crippen LogP contribution in [0.25, 0.3) is 0 Å². The number of alkyl halides is 1. The molecule has 84 valence electrons. The van der Waals surface area contributed by atoms with Crippen LogP contribution >= 0.6 is 11.6 Å². The Labute approximate surface area is 87.9 Å². The first-order chi connectivity index (χ1) is 6.68. The van der Waals surface area contributed by atoms with E-state index in [1.54, 1.807) is 7.11 Å². The molecule has 1 atom stereocenters. The normalized spacial score (nSPS) is 12.7. The molecule has 0 aromatic carbocycles. The molecule has 0 aliphatic heterocycles. The number of methoxy groups -OCH3 is 1. The standard InChI is InChI=1S/C8H15ClO5/c1-12-2-3-13-4-5-14-6-7(9)8(10)11/h7H,2-6H2,1H3,(H,10,11). The number of hydrogen-bond acceptors (Lipinski definition) is 4. The maximum Gasteiger partial charge on any atom is 0.324 e. The lowest BCUT2D eigenvalue weighted by Crippen LogP contribution is -2.21. The van der Waals surface area contributed by atoms with Gasteiger partial charge in [-0.05, 0) is 0 Å². The summed E-state index contributed by atoms with van der Waals surface area (Å²) in [6.07, 6.45) is 0. The fraction of sp³-hybridized carbons (Fsp3) is 0.875. The van der Waals surface area contributed by atoms with E-state index < -0.39 is 11.3 Å². The number of carboxylic acid groups (broad SMARTS) is 1. The summed E-state index contributed by atoms with van der Waals surface area (Å²) >= 11 is 5.39. The maximum absolute atomic E-state index is 10.2. The molecular weight excluding hydrogens is 212 g/mol. The smallest absolute Gasteiger partial charge is 0.324 e. The van der Waals surface area contributed by atoms with Crippen LogP contribution in [0.2, 0.25) is 0 Å². The summed E-state index contributed by atoms with van der Waals surface area (Å²) in [5, 5.41) is 7.40. The van der Waals surface area contributed by atoms with Crippen LogP contribution in [0.3, 0.4) is 0 Å². The van der Waals surface area contributed by atoms with Gasteiger partial charge >= 0.3 is 5.97 Å². The number of ether oxygens (including phenoxy) is 3. The van der Waals surface area contributed by atoms with Crippen LogP contribution in [-0.2, 0) is 19.0 Å². The van der Waals surface area contributed by atoms with Gasteiger partial charge in [0.25, 0.3) is 0 Å². The molecule has 6 heteroatoms. The Morgan fingerprint density at radius 1 is 1.29 bits per heavy atom. The Hall–Kier alpha value is -0.360. The van der Waals surface area contributed by atoms with Crippen molar-refractivity contribution in [2.75, 3.05) is 40.1 Å². The summed E-state index contributed by atoms with van der Waals surface area (Å²) in [6, 6.07) is 0. The highest BCUT2D eigenvalue weighted by Crippen LogP contribution is 1.96. The van der Waals surface area contributed by atoms with Crippen molar-refractivity contribution in [3.05, 3.63) is 0 Å². The summed E-state index contributed by atoms with van der Waals surface area (Å²) in [5.41, 5.74) is 0. The van der Waals surface area contributed by atoms with Gasteiger partial charge in [0, 0.05) is 7.11 Å². The van der Waals surface area contributed by atoms with Crippen molar-refractivity contribution in [3.63, 3.8) is 0 Å². The van der Waals surface area contributed by atoms with Gasteiger partial charge in [0.1, 0.15) is 0 Å². The lowest BCUT2D eigenvalue weighted by atomic mass is 10.4. The van der Waals surface area contributed by atoms with Gasteiger partial charge in [-0.3, -0.25) is 4.79 Å². The SMILES string of the molecule is COCCOCCOCC(Cl)C(=O)O. The fourth-order valence-corrected chi connectivity index (χ4v) is 0.709. The van der Waals surface area contributed by atoms with E-state index in [-0.39, 0.29) is 6.61 Å². The molecule has 0 aromatic heterocycles. The van der Waals surface area contributed by atoms with Crippen molar-refractivity contribution < 1.29 is 24.1 Å². The molecule has 14 heavy (non-hydrogen) atoms. The molecule has 0 aromatic rings. The second kappa shape index (κ2) is 9.21. The zero-order valence-electron chi connectivity index (χ0n) is 8.07. The Kier molecular flexibility index (Phi) is 8.97. The molecule has 0 saturated heterocycles. The van der Waals surface area contributed by atoms with Gasteiger partial charge in [0.15, 0.2) is 5.38 Å². The van der Waals surface area contributed by atoms with E-state index in [2.05, 4.69) is 0 Å². The van der Waals surface area contributed by atoms with Crippen LogP contribution in [0.5, 0.6) is 0 Å². The second-order valence-electron chi connectivity index (χ2n) is 2.49. The molecule has 1 unspecified atom stereocenters. The van der Waals surface area contributed by atoms with E-state index in [4.69, 9.17) is 30.9 Å². The molecule has 0 aliphatic carbocycles. The van der Waals surface area contributed by atoms with E-state index in [0.29, 0.717) is 26.4 Å². The van der Waals surface area contributed by atoms with Crippen molar-refractivity contribution in [1.29, 1.82) is 0 Å². The first kappa shape index (κ1) is 13.6. The first-order valence-corrected chi connectivity index (χ1v) is 4.63. The number of hydrogen-bond donors (Lipinski definition) is 1. The Morgan fingerprint density at radius 3 is 2.43 bits per heavy atom. The van der Waals surface area contributed by atoms with E-state index in [1.165, 1.54) is 0 Å². The number of carboxylic acids is 1. The van der Waals surface area contributed by atoms with Crippen molar-refractivity contribution >= 4 is 17.6 Å². The van der Waals surface area contributed by atoms with Crippen LogP contribution < -0.4 is 0 Å². The average molecular weight is 227 g/mol. The van der Waals surface area contributed by atoms with Crippen LogP contribution in [-0.4, -0.2) is 56.6 Å². The molecular formula is C8H15ClO5. The van der Waals surface area contributed by atoms with Crippen LogP contribution in [0.1, 0.15) is 0 Å². The third-order valence-corrected chi connectivity index (χ3v) is 1.65. The molecule has 0 fully saturated rings.